The maximum atomic E-state index is 7.71. The number of fused-ring (bicyclic) bond motifs is 1. The van der Waals surface area contributed by atoms with Crippen LogP contribution in [0.25, 0.3) is 22.2 Å². The maximum Gasteiger partial charge on any atom is 0.0712 e. The molecule has 1 aliphatic carbocycles. The highest BCUT2D eigenvalue weighted by Gasteiger charge is 2.16. The van der Waals surface area contributed by atoms with Crippen molar-refractivity contribution in [2.75, 3.05) is 0 Å². The third kappa shape index (κ3) is 3.08. The molecule has 1 nitrogen and oxygen atoms in total. The van der Waals surface area contributed by atoms with E-state index in [0.29, 0.717) is 5.56 Å². The Morgan fingerprint density at radius 1 is 1.04 bits per heavy atom. The molecule has 122 valence electrons. The lowest BCUT2D eigenvalue weighted by atomic mass is 9.95. The van der Waals surface area contributed by atoms with Gasteiger partial charge in [-0.05, 0) is 55.9 Å². The van der Waals surface area contributed by atoms with Crippen LogP contribution in [0.3, 0.4) is 0 Å². The fourth-order valence-corrected chi connectivity index (χ4v) is 4.01. The Kier molecular flexibility index (Phi) is 3.26. The molecule has 0 amide bonds. The van der Waals surface area contributed by atoms with Gasteiger partial charge >= 0.3 is 0 Å². The largest absolute Gasteiger partial charge is 0.248 e. The van der Waals surface area contributed by atoms with Crippen LogP contribution in [0.4, 0.5) is 0 Å². The highest BCUT2D eigenvalue weighted by atomic mass is 14.7. The van der Waals surface area contributed by atoms with Gasteiger partial charge in [0.05, 0.1) is 11.2 Å². The second-order valence-corrected chi connectivity index (χ2v) is 7.12. The molecule has 0 radical (unpaired) electrons. The first-order valence-electron chi connectivity index (χ1n) is 10.4. The van der Waals surface area contributed by atoms with Gasteiger partial charge in [0.15, 0.2) is 0 Å². The molecule has 24 heavy (non-hydrogen) atoms. The van der Waals surface area contributed by atoms with Crippen molar-refractivity contribution in [1.82, 2.24) is 4.98 Å². The predicted octanol–water partition coefficient (Wildman–Crippen LogP) is 6.25. The number of hydrogen-bond donors (Lipinski definition) is 0. The van der Waals surface area contributed by atoms with E-state index in [-0.39, 0.29) is 0 Å². The summed E-state index contributed by atoms with van der Waals surface area (Å²) in [4.78, 5) is 4.86. The molecule has 1 heterocycles. The lowest BCUT2D eigenvalue weighted by Crippen LogP contribution is -2.00. The minimum atomic E-state index is -2.11. The minimum Gasteiger partial charge on any atom is -0.248 e. The second-order valence-electron chi connectivity index (χ2n) is 7.12. The molecule has 0 aliphatic heterocycles. The Bertz CT molecular complexity index is 969. The summed E-state index contributed by atoms with van der Waals surface area (Å²) >= 11 is 0. The fourth-order valence-electron chi connectivity index (χ4n) is 4.01. The van der Waals surface area contributed by atoms with Crippen molar-refractivity contribution in [3.05, 3.63) is 65.2 Å². The van der Waals surface area contributed by atoms with Crippen molar-refractivity contribution in [3.8, 4) is 11.3 Å². The first-order valence-corrected chi connectivity index (χ1v) is 8.91. The summed E-state index contributed by atoms with van der Waals surface area (Å²) < 4.78 is 23.1. The summed E-state index contributed by atoms with van der Waals surface area (Å²) in [5, 5.41) is 1.22. The zero-order valence-electron chi connectivity index (χ0n) is 17.2. The molecule has 1 saturated carbocycles. The molecule has 0 N–H and O–H groups in total. The maximum absolute atomic E-state index is 7.71. The van der Waals surface area contributed by atoms with Crippen molar-refractivity contribution < 1.29 is 4.11 Å². The van der Waals surface area contributed by atoms with Crippen LogP contribution in [-0.2, 0) is 6.42 Å². The molecule has 0 spiro atoms. The second kappa shape index (κ2) is 6.39. The van der Waals surface area contributed by atoms with Crippen molar-refractivity contribution >= 4 is 10.9 Å². The van der Waals surface area contributed by atoms with Gasteiger partial charge < -0.3 is 0 Å². The molecule has 0 atom stereocenters. The van der Waals surface area contributed by atoms with Crippen molar-refractivity contribution in [2.24, 2.45) is 5.92 Å². The van der Waals surface area contributed by atoms with E-state index in [1.54, 1.807) is 12.1 Å². The summed E-state index contributed by atoms with van der Waals surface area (Å²) in [5.74, 6) is 0.800. The van der Waals surface area contributed by atoms with Crippen LogP contribution in [0.5, 0.6) is 0 Å². The summed E-state index contributed by atoms with van der Waals surface area (Å²) in [6.07, 6.45) is 6.52. The topological polar surface area (TPSA) is 12.9 Å². The summed E-state index contributed by atoms with van der Waals surface area (Å²) in [7, 11) is 0. The molecule has 1 fully saturated rings. The lowest BCUT2D eigenvalue weighted by Gasteiger charge is -2.12. The van der Waals surface area contributed by atoms with Crippen LogP contribution in [-0.4, -0.2) is 4.98 Å². The molecule has 0 unspecified atom stereocenters. The van der Waals surface area contributed by atoms with E-state index in [1.165, 1.54) is 36.6 Å². The molecule has 2 aromatic carbocycles. The standard InChI is InChI=1S/C23H25N/c1-16-12-17(2)14-20(13-16)22-11-10-21-19(8-5-9-23(21)24-22)15-18-6-3-4-7-18/h5,8-14,18H,3-4,6-7,15H2,1-2H3/i1D3. The van der Waals surface area contributed by atoms with E-state index in [2.05, 4.69) is 24.3 Å². The third-order valence-corrected chi connectivity index (χ3v) is 5.18. The SMILES string of the molecule is [2H]C([2H])([2H])c1cc(C)cc(-c2ccc3c(CC4CCCC4)cccc3n2)c1. The van der Waals surface area contributed by atoms with Gasteiger partial charge in [-0.2, -0.15) is 0 Å². The summed E-state index contributed by atoms with van der Waals surface area (Å²) in [6.45, 7) is -0.175. The van der Waals surface area contributed by atoms with Gasteiger partial charge in [0, 0.05) is 15.1 Å². The number of rotatable bonds is 3. The van der Waals surface area contributed by atoms with E-state index in [4.69, 9.17) is 9.10 Å². The smallest absolute Gasteiger partial charge is 0.0712 e. The average Bonchev–Trinajstić information content (AvgIpc) is 3.13. The van der Waals surface area contributed by atoms with Gasteiger partial charge in [0.1, 0.15) is 0 Å². The number of benzene rings is 2. The molecular formula is C23H25N. The quantitative estimate of drug-likeness (QED) is 0.556. The Balaban J connectivity index is 1.73. The lowest BCUT2D eigenvalue weighted by molar-refractivity contribution is 0.548. The number of hydrogen-bond acceptors (Lipinski definition) is 1. The van der Waals surface area contributed by atoms with Gasteiger partial charge in [0.2, 0.25) is 0 Å². The number of nitrogens with zero attached hydrogens (tertiary/aromatic N) is 1. The number of pyridine rings is 1. The van der Waals surface area contributed by atoms with Crippen molar-refractivity contribution in [2.45, 2.75) is 45.9 Å². The van der Waals surface area contributed by atoms with E-state index < -0.39 is 6.85 Å². The molecule has 1 aromatic heterocycles. The molecule has 1 heteroatoms. The number of aryl methyl sites for hydroxylation is 2. The van der Waals surface area contributed by atoms with Crippen LogP contribution in [0.1, 0.15) is 46.5 Å². The molecule has 0 saturated heterocycles. The van der Waals surface area contributed by atoms with E-state index in [9.17, 15) is 0 Å². The third-order valence-electron chi connectivity index (χ3n) is 5.18. The van der Waals surface area contributed by atoms with Crippen LogP contribution in [0.2, 0.25) is 0 Å². The summed E-state index contributed by atoms with van der Waals surface area (Å²) in [6, 6.07) is 16.0. The van der Waals surface area contributed by atoms with Gasteiger partial charge in [0.25, 0.3) is 0 Å². The normalized spacial score (nSPS) is 17.6. The number of aromatic nitrogens is 1. The zero-order chi connectivity index (χ0) is 19.0. The van der Waals surface area contributed by atoms with Crippen LogP contribution < -0.4 is 0 Å². The first-order chi connectivity index (χ1) is 12.9. The Morgan fingerprint density at radius 3 is 2.71 bits per heavy atom. The molecular weight excluding hydrogens is 290 g/mol. The van der Waals surface area contributed by atoms with Crippen LogP contribution >= 0.6 is 0 Å². The van der Waals surface area contributed by atoms with Gasteiger partial charge in [-0.15, -0.1) is 0 Å². The minimum absolute atomic E-state index is 0.370. The molecule has 3 aromatic rings. The highest BCUT2D eigenvalue weighted by Crippen LogP contribution is 2.31. The van der Waals surface area contributed by atoms with Gasteiger partial charge in [-0.1, -0.05) is 61.1 Å². The van der Waals surface area contributed by atoms with E-state index in [0.717, 1.165) is 34.7 Å². The average molecular weight is 318 g/mol. The monoisotopic (exact) mass is 318 g/mol. The van der Waals surface area contributed by atoms with E-state index in [1.807, 2.05) is 19.1 Å². The molecule has 0 bridgehead atoms. The van der Waals surface area contributed by atoms with Crippen LogP contribution in [0, 0.1) is 19.7 Å². The fraction of sp³-hybridized carbons (Fsp3) is 0.348. The van der Waals surface area contributed by atoms with Crippen molar-refractivity contribution in [3.63, 3.8) is 0 Å². The first kappa shape index (κ1) is 12.2. The Morgan fingerprint density at radius 2 is 1.88 bits per heavy atom. The molecule has 4 rings (SSSR count). The van der Waals surface area contributed by atoms with Gasteiger partial charge in [-0.25, -0.2) is 4.98 Å². The van der Waals surface area contributed by atoms with Crippen LogP contribution in [0.15, 0.2) is 48.5 Å². The summed E-state index contributed by atoms with van der Waals surface area (Å²) in [5.41, 5.74) is 5.37. The highest BCUT2D eigenvalue weighted by molar-refractivity contribution is 5.84. The Labute approximate surface area is 149 Å². The Hall–Kier alpha value is -2.15. The predicted molar refractivity (Wildman–Crippen MR) is 102 cm³/mol. The van der Waals surface area contributed by atoms with Crippen molar-refractivity contribution in [1.29, 1.82) is 0 Å². The van der Waals surface area contributed by atoms with Gasteiger partial charge in [-0.3, -0.25) is 0 Å². The molecule has 1 aliphatic rings. The van der Waals surface area contributed by atoms with E-state index >= 15 is 0 Å². The zero-order valence-corrected chi connectivity index (χ0v) is 14.2.